The van der Waals surface area contributed by atoms with Crippen LogP contribution in [0.4, 0.5) is 13.2 Å². The summed E-state index contributed by atoms with van der Waals surface area (Å²) in [6.45, 7) is 9.47. The summed E-state index contributed by atoms with van der Waals surface area (Å²) < 4.78 is 86.7. The quantitative estimate of drug-likeness (QED) is 0.0407. The second-order valence-corrected chi connectivity index (χ2v) is 22.5. The average molecular weight is 960 g/mol. The first kappa shape index (κ1) is 50.2. The number of alkyl halides is 3. The van der Waals surface area contributed by atoms with Gasteiger partial charge in [0.25, 0.3) is 20.1 Å². The Morgan fingerprint density at radius 2 is 1.35 bits per heavy atom. The molecule has 0 bridgehead atoms. The molecule has 2 fully saturated rings. The predicted octanol–water partition coefficient (Wildman–Crippen LogP) is 6.93. The minimum Gasteiger partial charge on any atom is -0.497 e. The van der Waals surface area contributed by atoms with E-state index in [2.05, 4.69) is 36.1 Å². The second-order valence-electron chi connectivity index (χ2n) is 18.2. The monoisotopic (exact) mass is 959 g/mol. The summed E-state index contributed by atoms with van der Waals surface area (Å²) in [4.78, 5) is 45.6. The highest BCUT2D eigenvalue weighted by atomic mass is 28.4. The summed E-state index contributed by atoms with van der Waals surface area (Å²) in [5.74, 6) is -4.34. The van der Waals surface area contributed by atoms with Crippen molar-refractivity contribution in [3.05, 3.63) is 136 Å². The number of hydrogen-bond acceptors (Lipinski definition) is 11. The van der Waals surface area contributed by atoms with Crippen molar-refractivity contribution in [1.82, 2.24) is 10.2 Å². The molecule has 3 aliphatic rings. The maximum absolute atomic E-state index is 14.4. The van der Waals surface area contributed by atoms with Crippen molar-refractivity contribution >= 4 is 36.4 Å². The van der Waals surface area contributed by atoms with Crippen molar-refractivity contribution in [1.29, 1.82) is 0 Å². The molecule has 3 amide bonds. The number of nitrogens with one attached hydrogen (secondary N) is 1. The van der Waals surface area contributed by atoms with Gasteiger partial charge < -0.3 is 38.2 Å². The Morgan fingerprint density at radius 3 is 1.87 bits per heavy atom. The van der Waals surface area contributed by atoms with Crippen LogP contribution in [0, 0.1) is 11.8 Å². The zero-order chi connectivity index (χ0) is 49.0. The number of carbonyl (C=O) groups excluding carboxylic acids is 3. The number of nitrogens with zero attached hydrogens (tertiary/aromatic N) is 4. The Bertz CT molecular complexity index is 2370. The Balaban J connectivity index is 1.31. The molecule has 19 heteroatoms. The van der Waals surface area contributed by atoms with Crippen LogP contribution in [-0.4, -0.2) is 114 Å². The van der Waals surface area contributed by atoms with Gasteiger partial charge in [0.1, 0.15) is 11.8 Å². The number of imide groups is 1. The van der Waals surface area contributed by atoms with Gasteiger partial charge in [0.15, 0.2) is 12.6 Å². The summed E-state index contributed by atoms with van der Waals surface area (Å²) >= 11 is 0. The molecular weight excluding hydrogens is 904 g/mol. The molecule has 4 aromatic rings. The second kappa shape index (κ2) is 20.9. The van der Waals surface area contributed by atoms with Gasteiger partial charge in [-0.1, -0.05) is 125 Å². The van der Waals surface area contributed by atoms with Gasteiger partial charge in [-0.05, 0) is 62.6 Å². The van der Waals surface area contributed by atoms with E-state index in [9.17, 15) is 33.1 Å². The van der Waals surface area contributed by atoms with E-state index >= 15 is 0 Å². The van der Waals surface area contributed by atoms with Crippen LogP contribution in [0.1, 0.15) is 60.9 Å². The van der Waals surface area contributed by atoms with Crippen molar-refractivity contribution in [3.63, 3.8) is 0 Å². The normalized spacial score (nSPS) is 26.5. The number of halogens is 3. The molecular formula is C49H56F3N5O10Si. The van der Waals surface area contributed by atoms with E-state index in [4.69, 9.17) is 32.8 Å². The molecule has 0 spiro atoms. The summed E-state index contributed by atoms with van der Waals surface area (Å²) in [5, 5.41) is 7.62. The van der Waals surface area contributed by atoms with Crippen LogP contribution in [0.5, 0.6) is 5.75 Å². The van der Waals surface area contributed by atoms with Gasteiger partial charge in [-0.25, -0.2) is 0 Å². The fourth-order valence-electron chi connectivity index (χ4n) is 9.52. The topological polar surface area (TPSA) is 180 Å². The summed E-state index contributed by atoms with van der Waals surface area (Å²) in [5.41, 5.74) is 11.3. The number of methoxy groups -OCH3 is 2. The zero-order valence-corrected chi connectivity index (χ0v) is 39.8. The molecule has 362 valence electrons. The molecule has 0 aliphatic carbocycles. The van der Waals surface area contributed by atoms with Crippen LogP contribution >= 0.6 is 0 Å². The van der Waals surface area contributed by atoms with E-state index in [0.717, 1.165) is 20.8 Å². The van der Waals surface area contributed by atoms with E-state index in [1.807, 2.05) is 72.8 Å². The minimum absolute atomic E-state index is 0.0532. The lowest BCUT2D eigenvalue weighted by Crippen LogP contribution is -2.70. The van der Waals surface area contributed by atoms with Crippen LogP contribution < -0.4 is 20.4 Å². The van der Waals surface area contributed by atoms with E-state index in [0.29, 0.717) is 5.75 Å². The summed E-state index contributed by atoms with van der Waals surface area (Å²) in [6, 6.07) is 28.3. The van der Waals surface area contributed by atoms with Crippen molar-refractivity contribution in [2.75, 3.05) is 27.4 Å². The van der Waals surface area contributed by atoms with Gasteiger partial charge in [0, 0.05) is 12.0 Å². The van der Waals surface area contributed by atoms with Gasteiger partial charge in [-0.3, -0.25) is 19.3 Å². The van der Waals surface area contributed by atoms with Crippen molar-refractivity contribution in [3.8, 4) is 5.75 Å². The van der Waals surface area contributed by atoms with Gasteiger partial charge in [-0.2, -0.15) is 13.2 Å². The maximum Gasteiger partial charge on any atom is 0.471 e. The minimum atomic E-state index is -5.29. The molecule has 4 unspecified atom stereocenters. The molecule has 68 heavy (non-hydrogen) atoms. The molecule has 10 atom stereocenters. The molecule has 0 radical (unpaired) electrons. The number of benzene rings is 4. The predicted molar refractivity (Wildman–Crippen MR) is 245 cm³/mol. The average Bonchev–Trinajstić information content (AvgIpc) is 3.57. The lowest BCUT2D eigenvalue weighted by Gasteiger charge is -2.51. The maximum atomic E-state index is 14.4. The number of carbonyl (C=O) groups is 3. The number of ether oxygens (including phenoxy) is 6. The van der Waals surface area contributed by atoms with Gasteiger partial charge in [-0.15, -0.1) is 0 Å². The highest BCUT2D eigenvalue weighted by Crippen LogP contribution is 2.41. The fraction of sp³-hybridized carbons (Fsp3) is 0.449. The highest BCUT2D eigenvalue weighted by Gasteiger charge is 2.58. The first-order chi connectivity index (χ1) is 32.4. The molecule has 1 N–H and O–H groups in total. The van der Waals surface area contributed by atoms with Crippen LogP contribution in [0.2, 0.25) is 5.04 Å². The third kappa shape index (κ3) is 10.1. The zero-order valence-electron chi connectivity index (χ0n) is 38.8. The third-order valence-corrected chi connectivity index (χ3v) is 18.2. The molecule has 4 aromatic carbocycles. The van der Waals surface area contributed by atoms with Gasteiger partial charge >= 0.3 is 12.1 Å². The number of hydrogen-bond donors (Lipinski definition) is 1. The molecule has 7 rings (SSSR count). The standard InChI is InChI=1S/C49H56F3N5O10Si/c1-29-30(2)39(54-47(60)49(50,51)52)45(65-37(29)27-63-26-31-22-24-32(61-6)25-23-31)67-42-40(55-56-53)38(66-46(62-7)41(42)57-43(58)35-20-14-15-21-36(35)44(57)59)28-64-68(48(3,4)5,33-16-10-8-11-17-33)34-18-12-9-13-19-34/h8-25,29-30,37-42,45-46H,26-28H2,1-7H3,(H,54,60)/t29-,30-,37?,38?,39?,40-,41?,42-,45-,46+/m0/s1. The van der Waals surface area contributed by atoms with Crippen molar-refractivity contribution in [2.24, 2.45) is 17.0 Å². The lowest BCUT2D eigenvalue weighted by atomic mass is 9.82. The van der Waals surface area contributed by atoms with Crippen LogP contribution in [0.25, 0.3) is 10.4 Å². The van der Waals surface area contributed by atoms with E-state index in [1.54, 1.807) is 45.2 Å². The van der Waals surface area contributed by atoms with Crippen molar-refractivity contribution in [2.45, 2.75) is 101 Å². The number of amides is 3. The van der Waals surface area contributed by atoms with Gasteiger partial charge in [0.2, 0.25) is 0 Å². The first-order valence-corrected chi connectivity index (χ1v) is 24.2. The number of fused-ring (bicyclic) bond motifs is 1. The Hall–Kier alpha value is -5.63. The van der Waals surface area contributed by atoms with Crippen LogP contribution in [-0.2, 0) is 39.5 Å². The van der Waals surface area contributed by atoms with E-state index in [-0.39, 0.29) is 30.9 Å². The molecule has 2 saturated heterocycles. The number of azide groups is 1. The smallest absolute Gasteiger partial charge is 0.471 e. The fourth-order valence-corrected chi connectivity index (χ4v) is 14.1. The van der Waals surface area contributed by atoms with Gasteiger partial charge in [0.05, 0.1) is 68.5 Å². The molecule has 3 heterocycles. The number of rotatable bonds is 16. The van der Waals surface area contributed by atoms with E-state index in [1.165, 1.54) is 19.2 Å². The van der Waals surface area contributed by atoms with E-state index < -0.39 is 98.1 Å². The third-order valence-electron chi connectivity index (χ3n) is 13.2. The summed E-state index contributed by atoms with van der Waals surface area (Å²) in [7, 11) is -0.473. The Morgan fingerprint density at radius 1 is 0.794 bits per heavy atom. The lowest BCUT2D eigenvalue weighted by molar-refractivity contribution is -0.305. The highest BCUT2D eigenvalue weighted by molar-refractivity contribution is 6.99. The molecule has 0 aromatic heterocycles. The molecule has 0 saturated carbocycles. The van der Waals surface area contributed by atoms with Crippen LogP contribution in [0.3, 0.4) is 0 Å². The van der Waals surface area contributed by atoms with Crippen LogP contribution in [0.15, 0.2) is 114 Å². The molecule has 15 nitrogen and oxygen atoms in total. The molecule has 3 aliphatic heterocycles. The largest absolute Gasteiger partial charge is 0.497 e. The summed E-state index contributed by atoms with van der Waals surface area (Å²) in [6.07, 6.45) is -12.1. The Kier molecular flexibility index (Phi) is 15.5. The SMILES string of the molecule is COc1ccc(COCC2O[C@@H](O[C@@H]3C(N4C(=O)c5ccccc5C4=O)[C@H](OC)OC(CO[Si](c4ccccc4)(c4ccccc4)C(C)(C)C)[C@@H]3N=[N+]=[N-])C(NC(=O)C(F)(F)F)[C@@H](C)[C@@H]2C)cc1. The Labute approximate surface area is 393 Å². The van der Waals surface area contributed by atoms with Crippen molar-refractivity contribution < 1.29 is 60.4 Å². The first-order valence-electron chi connectivity index (χ1n) is 22.3.